The topological polar surface area (TPSA) is 213 Å². The van der Waals surface area contributed by atoms with Crippen LogP contribution in [0.15, 0.2) is 0 Å². The number of carbonyl (C=O) groups is 8. The van der Waals surface area contributed by atoms with Crippen molar-refractivity contribution < 1.29 is 52.9 Å². The van der Waals surface area contributed by atoms with Crippen LogP contribution >= 0.6 is 0 Å². The minimum absolute atomic E-state index is 0.00680. The van der Waals surface area contributed by atoms with Gasteiger partial charge in [-0.1, -0.05) is 20.8 Å². The highest BCUT2D eigenvalue weighted by Gasteiger charge is 2.44. The van der Waals surface area contributed by atoms with E-state index in [1.807, 2.05) is 20.8 Å². The van der Waals surface area contributed by atoms with Crippen LogP contribution in [0.3, 0.4) is 0 Å². The molecule has 0 aromatic heterocycles. The molecule has 1 heterocycles. The molecule has 8 amide bonds. The van der Waals surface area contributed by atoms with Gasteiger partial charge in [-0.05, 0) is 63.2 Å². The molecule has 0 bridgehead atoms. The fourth-order valence-corrected chi connectivity index (χ4v) is 6.13. The van der Waals surface area contributed by atoms with Crippen molar-refractivity contribution in [3.05, 3.63) is 0 Å². The monoisotopic (exact) mass is 812 g/mol. The molecule has 326 valence electrons. The van der Waals surface area contributed by atoms with Gasteiger partial charge in [-0.25, -0.2) is 15.2 Å². The maximum Gasteiger partial charge on any atom is 0.246 e. The summed E-state index contributed by atoms with van der Waals surface area (Å²) < 4.78 is 0. The quantitative estimate of drug-likeness (QED) is 0.0545. The van der Waals surface area contributed by atoms with Crippen molar-refractivity contribution in [2.45, 2.75) is 124 Å². The number of imide groups is 1. The maximum absolute atomic E-state index is 12.6. The second-order valence-electron chi connectivity index (χ2n) is 15.1. The lowest BCUT2D eigenvalue weighted by molar-refractivity contribution is -0.177. The number of nitrogens with one attached hydrogen (secondary N) is 3. The van der Waals surface area contributed by atoms with E-state index in [0.717, 1.165) is 32.1 Å². The molecule has 3 N–H and O–H groups in total. The number of likely N-dealkylation sites (tertiary alicyclic amines) is 1. The molecule has 1 unspecified atom stereocenters. The minimum Gasteiger partial charge on any atom is -0.356 e. The standard InChI is InChI=1S/C39H69N7O11/c1-30(47)44(55-5)25-14-8-11-22-40-32(48)17-19-35(51)45(56-6)26-15-9-12-23-41-33(49)18-20-36(52)46(57-7)27-16-10-13-24-42-34(50)21-28-43-37(53)29-31(38(43)54)39(2,3)4/h31H,8-29H2,1-7H3,(H,40,48)(H,41,49)(H,42,50). The molecule has 0 spiro atoms. The predicted molar refractivity (Wildman–Crippen MR) is 210 cm³/mol. The number of hydrogen-bond donors (Lipinski definition) is 3. The first-order chi connectivity index (χ1) is 27.0. The second kappa shape index (κ2) is 28.3. The Hall–Kier alpha value is -4.16. The zero-order valence-electron chi connectivity index (χ0n) is 35.4. The average molecular weight is 812 g/mol. The van der Waals surface area contributed by atoms with Crippen molar-refractivity contribution in [2.24, 2.45) is 11.3 Å². The molecule has 1 aliphatic heterocycles. The van der Waals surface area contributed by atoms with Crippen molar-refractivity contribution >= 4 is 47.3 Å². The number of carbonyl (C=O) groups excluding carboxylic acids is 8. The molecule has 0 aromatic carbocycles. The minimum atomic E-state index is -0.365. The summed E-state index contributed by atoms with van der Waals surface area (Å²) in [6, 6.07) is 0. The van der Waals surface area contributed by atoms with Crippen LogP contribution in [0.25, 0.3) is 0 Å². The smallest absolute Gasteiger partial charge is 0.246 e. The van der Waals surface area contributed by atoms with Crippen LogP contribution in [0.2, 0.25) is 0 Å². The number of unbranched alkanes of at least 4 members (excludes halogenated alkanes) is 6. The number of rotatable bonds is 30. The van der Waals surface area contributed by atoms with Gasteiger partial charge in [0.1, 0.15) is 0 Å². The van der Waals surface area contributed by atoms with Crippen molar-refractivity contribution in [2.75, 3.05) is 67.1 Å². The van der Waals surface area contributed by atoms with E-state index in [9.17, 15) is 38.4 Å². The van der Waals surface area contributed by atoms with Crippen LogP contribution in [-0.4, -0.2) is 134 Å². The molecule has 1 aliphatic rings. The molecule has 0 radical (unpaired) electrons. The number of hydroxylamine groups is 6. The lowest BCUT2D eigenvalue weighted by atomic mass is 9.80. The van der Waals surface area contributed by atoms with Gasteiger partial charge in [0.15, 0.2) is 0 Å². The first kappa shape index (κ1) is 50.9. The Morgan fingerprint density at radius 3 is 1.33 bits per heavy atom. The predicted octanol–water partition coefficient (Wildman–Crippen LogP) is 2.41. The largest absolute Gasteiger partial charge is 0.356 e. The Kier molecular flexibility index (Phi) is 25.2. The summed E-state index contributed by atoms with van der Waals surface area (Å²) in [5.74, 6) is -2.27. The van der Waals surface area contributed by atoms with Gasteiger partial charge in [0.05, 0.1) is 27.2 Å². The number of nitrogens with zero attached hydrogens (tertiary/aromatic N) is 4. The third-order valence-corrected chi connectivity index (χ3v) is 9.63. The highest BCUT2D eigenvalue weighted by Crippen LogP contribution is 2.35. The van der Waals surface area contributed by atoms with Crippen LogP contribution in [-0.2, 0) is 52.9 Å². The summed E-state index contributed by atoms with van der Waals surface area (Å²) in [5.41, 5.74) is -0.313. The lowest BCUT2D eigenvalue weighted by Crippen LogP contribution is -2.37. The van der Waals surface area contributed by atoms with Crippen molar-refractivity contribution in [3.63, 3.8) is 0 Å². The zero-order valence-corrected chi connectivity index (χ0v) is 35.4. The van der Waals surface area contributed by atoms with Gasteiger partial charge in [-0.3, -0.25) is 57.8 Å². The van der Waals surface area contributed by atoms with Gasteiger partial charge in [0.2, 0.25) is 47.3 Å². The van der Waals surface area contributed by atoms with Gasteiger partial charge in [-0.2, -0.15) is 0 Å². The third-order valence-electron chi connectivity index (χ3n) is 9.63. The molecule has 0 saturated carbocycles. The van der Waals surface area contributed by atoms with Crippen LogP contribution < -0.4 is 16.0 Å². The van der Waals surface area contributed by atoms with Crippen molar-refractivity contribution in [3.8, 4) is 0 Å². The molecule has 1 atom stereocenters. The Balaban J connectivity index is 2.12. The first-order valence-corrected chi connectivity index (χ1v) is 20.2. The Labute approximate surface area is 338 Å². The van der Waals surface area contributed by atoms with Gasteiger partial charge < -0.3 is 16.0 Å². The molecule has 1 saturated heterocycles. The number of amides is 8. The van der Waals surface area contributed by atoms with Gasteiger partial charge in [-0.15, -0.1) is 0 Å². The van der Waals surface area contributed by atoms with Crippen LogP contribution in [0.1, 0.15) is 124 Å². The van der Waals surface area contributed by atoms with Crippen LogP contribution in [0.4, 0.5) is 0 Å². The Bertz CT molecular complexity index is 1310. The summed E-state index contributed by atoms with van der Waals surface area (Å²) in [7, 11) is 4.25. The van der Waals surface area contributed by atoms with E-state index in [1.165, 1.54) is 48.3 Å². The molecule has 57 heavy (non-hydrogen) atoms. The average Bonchev–Trinajstić information content (AvgIpc) is 3.46. The van der Waals surface area contributed by atoms with E-state index < -0.39 is 0 Å². The first-order valence-electron chi connectivity index (χ1n) is 20.2. The van der Waals surface area contributed by atoms with Crippen molar-refractivity contribution in [1.82, 2.24) is 36.0 Å². The summed E-state index contributed by atoms with van der Waals surface area (Å²) in [5, 5.41) is 12.2. The highest BCUT2D eigenvalue weighted by atomic mass is 16.7. The molecule has 18 nitrogen and oxygen atoms in total. The van der Waals surface area contributed by atoms with E-state index in [0.29, 0.717) is 65.0 Å². The Morgan fingerprint density at radius 1 is 0.596 bits per heavy atom. The molecule has 1 fully saturated rings. The molecular weight excluding hydrogens is 742 g/mol. The molecule has 1 rings (SSSR count). The summed E-state index contributed by atoms with van der Waals surface area (Å²) in [4.78, 5) is 115. The molecule has 0 aromatic rings. The van der Waals surface area contributed by atoms with E-state index in [1.54, 1.807) is 0 Å². The fourth-order valence-electron chi connectivity index (χ4n) is 6.13. The fraction of sp³-hybridized carbons (Fsp3) is 0.795. The summed E-state index contributed by atoms with van der Waals surface area (Å²) >= 11 is 0. The maximum atomic E-state index is 12.6. The van der Waals surface area contributed by atoms with E-state index in [2.05, 4.69) is 16.0 Å². The molecular formula is C39H69N7O11. The lowest BCUT2D eigenvalue weighted by Gasteiger charge is -2.24. The van der Waals surface area contributed by atoms with Crippen LogP contribution in [0, 0.1) is 11.3 Å². The summed E-state index contributed by atoms with van der Waals surface area (Å²) in [6.45, 7) is 9.80. The van der Waals surface area contributed by atoms with Gasteiger partial charge in [0, 0.05) is 91.3 Å². The SMILES string of the molecule is CON(CCCCCNC(=O)CCC(=O)N(CCCCCNC(=O)CCC(=O)N(CCCCCNC(=O)CCN1C(=O)CC(C(C)(C)C)C1=O)OC)OC)C(C)=O. The molecule has 0 aliphatic carbocycles. The summed E-state index contributed by atoms with van der Waals surface area (Å²) in [6.07, 6.45) is 6.69. The Morgan fingerprint density at radius 2 is 0.982 bits per heavy atom. The third kappa shape index (κ3) is 21.3. The second-order valence-corrected chi connectivity index (χ2v) is 15.1. The van der Waals surface area contributed by atoms with E-state index in [4.69, 9.17) is 14.5 Å². The van der Waals surface area contributed by atoms with Gasteiger partial charge >= 0.3 is 0 Å². The molecule has 18 heteroatoms. The van der Waals surface area contributed by atoms with Crippen molar-refractivity contribution in [1.29, 1.82) is 0 Å². The van der Waals surface area contributed by atoms with Crippen LogP contribution in [0.5, 0.6) is 0 Å². The zero-order chi connectivity index (χ0) is 42.8. The van der Waals surface area contributed by atoms with E-state index in [-0.39, 0.29) is 104 Å². The highest BCUT2D eigenvalue weighted by molar-refractivity contribution is 6.04. The van der Waals surface area contributed by atoms with E-state index >= 15 is 0 Å². The van der Waals surface area contributed by atoms with Gasteiger partial charge in [0.25, 0.3) is 0 Å². The number of hydrogen-bond acceptors (Lipinski definition) is 11. The normalized spacial score (nSPS) is 14.0.